The molecule has 0 aromatic heterocycles. The fourth-order valence-electron chi connectivity index (χ4n) is 1.83. The minimum atomic E-state index is 0.159. The van der Waals surface area contributed by atoms with Gasteiger partial charge in [-0.3, -0.25) is 4.79 Å². The number of rotatable bonds is 2. The summed E-state index contributed by atoms with van der Waals surface area (Å²) in [5, 5.41) is 1.85. The van der Waals surface area contributed by atoms with Gasteiger partial charge < -0.3 is 4.90 Å². The molecule has 1 aliphatic heterocycles. The first kappa shape index (κ1) is 10.6. The smallest absolute Gasteiger partial charge is 0.247 e. The van der Waals surface area contributed by atoms with E-state index in [9.17, 15) is 4.79 Å². The van der Waals surface area contributed by atoms with Gasteiger partial charge in [-0.15, -0.1) is 11.8 Å². The molecular formula is C10H17NOS. The van der Waals surface area contributed by atoms with E-state index < -0.39 is 0 Å². The molecule has 0 aliphatic carbocycles. The quantitative estimate of drug-likeness (QED) is 0.635. The van der Waals surface area contributed by atoms with Gasteiger partial charge in [-0.05, 0) is 30.9 Å². The Balaban J connectivity index is 2.52. The lowest BCUT2D eigenvalue weighted by molar-refractivity contribution is -0.126. The van der Waals surface area contributed by atoms with E-state index in [4.69, 9.17) is 0 Å². The largest absolute Gasteiger partial charge is 0.336 e. The number of thioether (sulfide) groups is 1. The lowest BCUT2D eigenvalue weighted by Crippen LogP contribution is -2.32. The Morgan fingerprint density at radius 1 is 1.54 bits per heavy atom. The van der Waals surface area contributed by atoms with Crippen molar-refractivity contribution in [1.82, 2.24) is 4.90 Å². The van der Waals surface area contributed by atoms with Crippen molar-refractivity contribution in [2.24, 2.45) is 5.92 Å². The molecule has 1 saturated heterocycles. The fourth-order valence-corrected chi connectivity index (χ4v) is 2.08. The summed E-state index contributed by atoms with van der Waals surface area (Å²) >= 11 is 1.56. The number of hydrogen-bond acceptors (Lipinski definition) is 2. The van der Waals surface area contributed by atoms with E-state index in [1.807, 2.05) is 16.6 Å². The van der Waals surface area contributed by atoms with Gasteiger partial charge in [0.1, 0.15) is 0 Å². The van der Waals surface area contributed by atoms with Gasteiger partial charge in [-0.2, -0.15) is 0 Å². The number of nitrogens with zero attached hydrogens (tertiary/aromatic N) is 1. The van der Waals surface area contributed by atoms with Crippen LogP contribution in [0.3, 0.4) is 0 Å². The third-order valence-corrected chi connectivity index (χ3v) is 2.82. The van der Waals surface area contributed by atoms with Gasteiger partial charge in [-0.1, -0.05) is 6.92 Å². The zero-order valence-corrected chi connectivity index (χ0v) is 9.30. The molecule has 13 heavy (non-hydrogen) atoms. The predicted octanol–water partition coefficient (Wildman–Crippen LogP) is 2.12. The van der Waals surface area contributed by atoms with E-state index in [1.54, 1.807) is 17.8 Å². The summed E-state index contributed by atoms with van der Waals surface area (Å²) in [6, 6.07) is 0.411. The average Bonchev–Trinajstić information content (AvgIpc) is 2.41. The minimum absolute atomic E-state index is 0.159. The molecule has 0 saturated carbocycles. The highest BCUT2D eigenvalue weighted by molar-refractivity contribution is 8.01. The SMILES string of the molecule is CS/C=C/C(=O)N1CC(C)CC1C. The van der Waals surface area contributed by atoms with Crippen LogP contribution in [0.2, 0.25) is 0 Å². The summed E-state index contributed by atoms with van der Waals surface area (Å²) in [6.07, 6.45) is 4.76. The predicted molar refractivity (Wildman–Crippen MR) is 57.6 cm³/mol. The van der Waals surface area contributed by atoms with Gasteiger partial charge in [0.15, 0.2) is 0 Å². The standard InChI is InChI=1S/C10H17NOS/c1-8-6-9(2)11(7-8)10(12)4-5-13-3/h4-5,8-9H,6-7H2,1-3H3/b5-4+. The van der Waals surface area contributed by atoms with Crippen molar-refractivity contribution in [3.05, 3.63) is 11.5 Å². The van der Waals surface area contributed by atoms with Gasteiger partial charge >= 0.3 is 0 Å². The Hall–Kier alpha value is -0.440. The van der Waals surface area contributed by atoms with Gasteiger partial charge in [0.05, 0.1) is 0 Å². The molecule has 0 aromatic rings. The summed E-state index contributed by atoms with van der Waals surface area (Å²) in [7, 11) is 0. The van der Waals surface area contributed by atoms with E-state index in [-0.39, 0.29) is 5.91 Å². The van der Waals surface area contributed by atoms with Gasteiger partial charge in [0, 0.05) is 18.7 Å². The van der Waals surface area contributed by atoms with Crippen LogP contribution in [-0.4, -0.2) is 29.6 Å². The van der Waals surface area contributed by atoms with Gasteiger partial charge in [0.25, 0.3) is 0 Å². The van der Waals surface area contributed by atoms with Crippen molar-refractivity contribution in [2.75, 3.05) is 12.8 Å². The van der Waals surface area contributed by atoms with E-state index >= 15 is 0 Å². The van der Waals surface area contributed by atoms with Crippen LogP contribution in [0.5, 0.6) is 0 Å². The number of likely N-dealkylation sites (tertiary alicyclic amines) is 1. The normalized spacial score (nSPS) is 28.7. The molecule has 0 N–H and O–H groups in total. The number of amides is 1. The average molecular weight is 199 g/mol. The van der Waals surface area contributed by atoms with Gasteiger partial charge in [-0.25, -0.2) is 0 Å². The Kier molecular flexibility index (Phi) is 3.85. The number of hydrogen-bond donors (Lipinski definition) is 0. The van der Waals surface area contributed by atoms with E-state index in [2.05, 4.69) is 13.8 Å². The van der Waals surface area contributed by atoms with Crippen LogP contribution in [0.25, 0.3) is 0 Å². The van der Waals surface area contributed by atoms with Crippen LogP contribution in [-0.2, 0) is 4.79 Å². The third kappa shape index (κ3) is 2.76. The molecule has 1 fully saturated rings. The number of carbonyl (C=O) groups is 1. The first-order valence-corrected chi connectivity index (χ1v) is 5.94. The second-order valence-electron chi connectivity index (χ2n) is 3.72. The maximum absolute atomic E-state index is 11.6. The zero-order valence-electron chi connectivity index (χ0n) is 8.49. The monoisotopic (exact) mass is 199 g/mol. The van der Waals surface area contributed by atoms with Crippen LogP contribution in [0, 0.1) is 5.92 Å². The van der Waals surface area contributed by atoms with Crippen molar-refractivity contribution >= 4 is 17.7 Å². The fraction of sp³-hybridized carbons (Fsp3) is 0.700. The van der Waals surface area contributed by atoms with E-state index in [0.717, 1.165) is 13.0 Å². The highest BCUT2D eigenvalue weighted by atomic mass is 32.2. The maximum Gasteiger partial charge on any atom is 0.247 e. The topological polar surface area (TPSA) is 20.3 Å². The molecule has 2 atom stereocenters. The molecule has 74 valence electrons. The molecule has 0 aromatic carbocycles. The van der Waals surface area contributed by atoms with Crippen LogP contribution < -0.4 is 0 Å². The molecule has 2 nitrogen and oxygen atoms in total. The third-order valence-electron chi connectivity index (χ3n) is 2.41. The molecule has 1 heterocycles. The zero-order chi connectivity index (χ0) is 9.84. The van der Waals surface area contributed by atoms with E-state index in [1.165, 1.54) is 0 Å². The van der Waals surface area contributed by atoms with Crippen LogP contribution >= 0.6 is 11.8 Å². The summed E-state index contributed by atoms with van der Waals surface area (Å²) in [6.45, 7) is 5.23. The summed E-state index contributed by atoms with van der Waals surface area (Å²) < 4.78 is 0. The second kappa shape index (κ2) is 4.70. The molecule has 0 bridgehead atoms. The Bertz CT molecular complexity index is 215. The van der Waals surface area contributed by atoms with Crippen molar-refractivity contribution in [1.29, 1.82) is 0 Å². The molecular weight excluding hydrogens is 182 g/mol. The molecule has 2 unspecified atom stereocenters. The minimum Gasteiger partial charge on any atom is -0.336 e. The first-order chi connectivity index (χ1) is 6.15. The van der Waals surface area contributed by atoms with Crippen molar-refractivity contribution in [2.45, 2.75) is 26.3 Å². The van der Waals surface area contributed by atoms with Crippen molar-refractivity contribution < 1.29 is 4.79 Å². The van der Waals surface area contributed by atoms with Gasteiger partial charge in [0.2, 0.25) is 5.91 Å². The van der Waals surface area contributed by atoms with Crippen molar-refractivity contribution in [3.8, 4) is 0 Å². The lowest BCUT2D eigenvalue weighted by atomic mass is 10.1. The molecule has 3 heteroatoms. The number of carbonyl (C=O) groups excluding carboxylic acids is 1. The summed E-state index contributed by atoms with van der Waals surface area (Å²) in [4.78, 5) is 13.5. The lowest BCUT2D eigenvalue weighted by Gasteiger charge is -2.19. The Morgan fingerprint density at radius 3 is 2.69 bits per heavy atom. The molecule has 1 amide bonds. The van der Waals surface area contributed by atoms with Crippen LogP contribution in [0.1, 0.15) is 20.3 Å². The highest BCUT2D eigenvalue weighted by Gasteiger charge is 2.28. The molecule has 0 spiro atoms. The Labute approximate surface area is 84.4 Å². The molecule has 1 aliphatic rings. The van der Waals surface area contributed by atoms with Crippen LogP contribution in [0.15, 0.2) is 11.5 Å². The molecule has 1 rings (SSSR count). The van der Waals surface area contributed by atoms with E-state index in [0.29, 0.717) is 12.0 Å². The molecule has 0 radical (unpaired) electrons. The first-order valence-electron chi connectivity index (χ1n) is 4.65. The summed E-state index contributed by atoms with van der Waals surface area (Å²) in [5.74, 6) is 0.813. The second-order valence-corrected chi connectivity index (χ2v) is 4.46. The van der Waals surface area contributed by atoms with Crippen LogP contribution in [0.4, 0.5) is 0 Å². The maximum atomic E-state index is 11.6. The van der Waals surface area contributed by atoms with Crippen molar-refractivity contribution in [3.63, 3.8) is 0 Å². The summed E-state index contributed by atoms with van der Waals surface area (Å²) in [5.41, 5.74) is 0. The highest BCUT2D eigenvalue weighted by Crippen LogP contribution is 2.22. The Morgan fingerprint density at radius 2 is 2.23 bits per heavy atom.